The van der Waals surface area contributed by atoms with E-state index in [9.17, 15) is 19.1 Å². The number of nitrogens with zero attached hydrogens (tertiary/aromatic N) is 2. The molecule has 2 heterocycles. The number of aliphatic hydroxyl groups excluding tert-OH is 1. The molecule has 1 saturated heterocycles. The highest BCUT2D eigenvalue weighted by Gasteiger charge is 2.43. The highest BCUT2D eigenvalue weighted by Crippen LogP contribution is 2.57. The minimum Gasteiger partial charge on any atom is -0.390 e. The molecule has 6 N–H and O–H groups in total. The standard InChI is InChI=1S/C14H24N4O9P2S/c1-4-16-11-8(17-14(15-3)18-13(11)30)5-9-7(2)12(19)10(26-9)6-25-29(23,24)27-28(20,21)22/h4,7,9-10,12,19H,5-6H2,1-3H3,(H,23,24)(H2,20,21,22)(H2,15,17,18,30)/t7-,9-,10+,12-/m0/s1. The lowest BCUT2D eigenvalue weighted by Gasteiger charge is -2.18. The number of aliphatic hydroxyl groups is 1. The van der Waals surface area contributed by atoms with Gasteiger partial charge in [-0.05, 0) is 6.92 Å². The first-order valence-corrected chi connectivity index (χ1v) is 12.2. The first kappa shape index (κ1) is 25.2. The number of aromatic nitrogens is 2. The molecule has 1 aliphatic heterocycles. The van der Waals surface area contributed by atoms with Gasteiger partial charge in [0.05, 0.1) is 18.8 Å². The number of phosphoric ester groups is 1. The first-order chi connectivity index (χ1) is 13.9. The Balaban J connectivity index is 2.14. The van der Waals surface area contributed by atoms with Crippen LogP contribution in [0, 0.1) is 10.6 Å². The number of aliphatic imine (C=N–C) groups is 1. The maximum atomic E-state index is 11.6. The molecule has 1 aliphatic rings. The van der Waals surface area contributed by atoms with Gasteiger partial charge in [0.2, 0.25) is 5.95 Å². The van der Waals surface area contributed by atoms with Gasteiger partial charge in [0, 0.05) is 31.3 Å². The van der Waals surface area contributed by atoms with Gasteiger partial charge in [0.1, 0.15) is 11.8 Å². The van der Waals surface area contributed by atoms with E-state index in [1.807, 2.05) is 0 Å². The Labute approximate surface area is 177 Å². The monoisotopic (exact) mass is 486 g/mol. The molecule has 30 heavy (non-hydrogen) atoms. The second-order valence-corrected chi connectivity index (χ2v) is 9.67. The number of rotatable bonds is 9. The summed E-state index contributed by atoms with van der Waals surface area (Å²) < 4.78 is 36.7. The van der Waals surface area contributed by atoms with Crippen LogP contribution in [0.3, 0.4) is 0 Å². The fourth-order valence-corrected chi connectivity index (χ4v) is 4.79. The predicted octanol–water partition coefficient (Wildman–Crippen LogP) is 1.44. The van der Waals surface area contributed by atoms with Crippen LogP contribution in [0.15, 0.2) is 4.99 Å². The van der Waals surface area contributed by atoms with E-state index in [1.54, 1.807) is 27.1 Å². The first-order valence-electron chi connectivity index (χ1n) is 8.74. The second kappa shape index (κ2) is 10.0. The van der Waals surface area contributed by atoms with Crippen LogP contribution in [-0.4, -0.2) is 67.9 Å². The number of phosphoric acid groups is 2. The van der Waals surface area contributed by atoms with E-state index in [2.05, 4.69) is 29.1 Å². The molecule has 0 aliphatic carbocycles. The van der Waals surface area contributed by atoms with Crippen molar-refractivity contribution in [2.24, 2.45) is 10.9 Å². The summed E-state index contributed by atoms with van der Waals surface area (Å²) in [6.45, 7) is 2.82. The van der Waals surface area contributed by atoms with Gasteiger partial charge in [-0.2, -0.15) is 4.31 Å². The summed E-state index contributed by atoms with van der Waals surface area (Å²) in [4.78, 5) is 38.1. The van der Waals surface area contributed by atoms with Crippen LogP contribution in [0.25, 0.3) is 0 Å². The van der Waals surface area contributed by atoms with Crippen molar-refractivity contribution >= 4 is 45.7 Å². The largest absolute Gasteiger partial charge is 0.481 e. The van der Waals surface area contributed by atoms with Crippen molar-refractivity contribution in [2.45, 2.75) is 38.6 Å². The molecule has 1 fully saturated rings. The van der Waals surface area contributed by atoms with E-state index in [0.717, 1.165) is 0 Å². The van der Waals surface area contributed by atoms with Crippen LogP contribution in [-0.2, 0) is 29.1 Å². The van der Waals surface area contributed by atoms with Crippen LogP contribution >= 0.6 is 27.9 Å². The van der Waals surface area contributed by atoms with Gasteiger partial charge in [-0.3, -0.25) is 9.52 Å². The van der Waals surface area contributed by atoms with E-state index in [-0.39, 0.29) is 11.1 Å². The number of nitrogens with one attached hydrogen (secondary N) is 2. The number of aromatic amines is 1. The second-order valence-electron chi connectivity index (χ2n) is 6.46. The summed E-state index contributed by atoms with van der Waals surface area (Å²) in [5, 5.41) is 13.3. The van der Waals surface area contributed by atoms with Crippen molar-refractivity contribution in [1.82, 2.24) is 9.97 Å². The van der Waals surface area contributed by atoms with E-state index in [0.29, 0.717) is 17.3 Å². The Morgan fingerprint density at radius 2 is 2.03 bits per heavy atom. The number of ether oxygens (including phenoxy) is 1. The van der Waals surface area contributed by atoms with Crippen molar-refractivity contribution < 1.29 is 42.5 Å². The van der Waals surface area contributed by atoms with Gasteiger partial charge < -0.3 is 34.8 Å². The smallest absolute Gasteiger partial charge is 0.390 e. The summed E-state index contributed by atoms with van der Waals surface area (Å²) in [5.41, 5.74) is 1.06. The molecule has 0 aromatic carbocycles. The molecule has 1 unspecified atom stereocenters. The van der Waals surface area contributed by atoms with Crippen molar-refractivity contribution in [3.8, 4) is 0 Å². The highest BCUT2D eigenvalue weighted by atomic mass is 32.1. The number of anilines is 1. The van der Waals surface area contributed by atoms with E-state index >= 15 is 0 Å². The van der Waals surface area contributed by atoms with E-state index in [4.69, 9.17) is 26.7 Å². The number of H-pyrrole nitrogens is 1. The third-order valence-corrected chi connectivity index (χ3v) is 6.77. The van der Waals surface area contributed by atoms with Gasteiger partial charge in [0.25, 0.3) is 0 Å². The Hall–Kier alpha value is -1.05. The lowest BCUT2D eigenvalue weighted by molar-refractivity contribution is -0.0212. The Kier molecular flexibility index (Phi) is 8.44. The molecule has 0 saturated carbocycles. The molecule has 170 valence electrons. The average molecular weight is 486 g/mol. The van der Waals surface area contributed by atoms with Gasteiger partial charge >= 0.3 is 15.6 Å². The molecule has 0 amide bonds. The summed E-state index contributed by atoms with van der Waals surface area (Å²) in [5.74, 6) is 0.0120. The van der Waals surface area contributed by atoms with Crippen LogP contribution in [0.4, 0.5) is 11.6 Å². The zero-order chi connectivity index (χ0) is 22.7. The average Bonchev–Trinajstić information content (AvgIpc) is 2.88. The molecule has 0 radical (unpaired) electrons. The fourth-order valence-electron chi connectivity index (χ4n) is 2.93. The zero-order valence-corrected chi connectivity index (χ0v) is 18.9. The van der Waals surface area contributed by atoms with Gasteiger partial charge in [-0.1, -0.05) is 19.1 Å². The maximum absolute atomic E-state index is 11.6. The lowest BCUT2D eigenvalue weighted by atomic mass is 9.95. The van der Waals surface area contributed by atoms with Crippen molar-refractivity contribution in [2.75, 3.05) is 19.0 Å². The lowest BCUT2D eigenvalue weighted by Crippen LogP contribution is -2.29. The normalized spacial score (nSPS) is 26.8. The number of hydrogen-bond acceptors (Lipinski definition) is 10. The molecule has 0 bridgehead atoms. The third-order valence-electron chi connectivity index (χ3n) is 4.34. The number of hydrogen-bond donors (Lipinski definition) is 6. The molecule has 5 atom stereocenters. The molecule has 1 aromatic rings. The van der Waals surface area contributed by atoms with Crippen LogP contribution in [0.1, 0.15) is 19.5 Å². The zero-order valence-electron chi connectivity index (χ0n) is 16.3. The molecule has 0 spiro atoms. The quantitative estimate of drug-likeness (QED) is 0.167. The molecular formula is C14H24N4O9P2S. The van der Waals surface area contributed by atoms with E-state index in [1.165, 1.54) is 0 Å². The van der Waals surface area contributed by atoms with Gasteiger partial charge in [-0.25, -0.2) is 14.1 Å². The van der Waals surface area contributed by atoms with Gasteiger partial charge in [0.15, 0.2) is 4.64 Å². The minimum absolute atomic E-state index is 0.262. The molecule has 1 aromatic heterocycles. The summed E-state index contributed by atoms with van der Waals surface area (Å²) >= 11 is 5.27. The van der Waals surface area contributed by atoms with Crippen LogP contribution in [0.2, 0.25) is 0 Å². The summed E-state index contributed by atoms with van der Waals surface area (Å²) in [7, 11) is -8.62. The maximum Gasteiger partial charge on any atom is 0.481 e. The predicted molar refractivity (Wildman–Crippen MR) is 109 cm³/mol. The topological polar surface area (TPSA) is 196 Å². The third kappa shape index (κ3) is 6.72. The summed E-state index contributed by atoms with van der Waals surface area (Å²) in [6, 6.07) is 0. The highest BCUT2D eigenvalue weighted by molar-refractivity contribution is 7.71. The summed E-state index contributed by atoms with van der Waals surface area (Å²) in [6.07, 6.45) is -0.821. The Morgan fingerprint density at radius 1 is 1.37 bits per heavy atom. The Bertz CT molecular complexity index is 936. The molecular weight excluding hydrogens is 462 g/mol. The molecule has 13 nitrogen and oxygen atoms in total. The molecule has 16 heteroatoms. The fraction of sp³-hybridized carbons (Fsp3) is 0.643. The van der Waals surface area contributed by atoms with Crippen molar-refractivity contribution in [1.29, 1.82) is 0 Å². The minimum atomic E-state index is -5.24. The van der Waals surface area contributed by atoms with Crippen molar-refractivity contribution in [3.05, 3.63) is 10.3 Å². The van der Waals surface area contributed by atoms with Gasteiger partial charge in [-0.15, -0.1) is 0 Å². The van der Waals surface area contributed by atoms with Crippen LogP contribution in [0.5, 0.6) is 0 Å². The van der Waals surface area contributed by atoms with Crippen LogP contribution < -0.4 is 5.32 Å². The van der Waals surface area contributed by atoms with Crippen molar-refractivity contribution in [3.63, 3.8) is 0 Å². The Morgan fingerprint density at radius 3 is 2.60 bits per heavy atom. The van der Waals surface area contributed by atoms with E-state index < -0.39 is 46.5 Å². The molecule has 2 rings (SSSR count). The SMILES string of the molecule is CC=Nc1c(C[C@@H]2O[C@H](COP(=O)(O)OP(=O)(O)O)[C@@H](O)[C@H]2C)[nH]c(NC)nc1=S.